The van der Waals surface area contributed by atoms with Gasteiger partial charge in [0.15, 0.2) is 17.3 Å². The van der Waals surface area contributed by atoms with E-state index in [0.29, 0.717) is 6.61 Å². The molecule has 0 bridgehead atoms. The summed E-state index contributed by atoms with van der Waals surface area (Å²) < 4.78 is 25.7. The second kappa shape index (κ2) is 5.55. The predicted molar refractivity (Wildman–Crippen MR) is 67.7 cm³/mol. The smallest absolute Gasteiger partial charge is 0.341 e. The molecule has 0 aliphatic carbocycles. The van der Waals surface area contributed by atoms with Crippen molar-refractivity contribution in [1.29, 1.82) is 0 Å². The molecule has 2 N–H and O–H groups in total. The molecular weight excluding hydrogens is 251 g/mol. The first-order valence-electron chi connectivity index (χ1n) is 5.85. The lowest BCUT2D eigenvalue weighted by atomic mass is 10.2. The summed E-state index contributed by atoms with van der Waals surface area (Å²) in [5.74, 6) is -0.159. The second-order valence-electron chi connectivity index (χ2n) is 3.97. The molecule has 0 saturated carbocycles. The van der Waals surface area contributed by atoms with Crippen LogP contribution in [0, 0.1) is 5.82 Å². The van der Waals surface area contributed by atoms with E-state index < -0.39 is 5.82 Å². The molecule has 19 heavy (non-hydrogen) atoms. The molecule has 0 amide bonds. The van der Waals surface area contributed by atoms with Gasteiger partial charge in [-0.3, -0.25) is 4.68 Å². The molecule has 102 valence electrons. The minimum Gasteiger partial charge on any atom is -0.490 e. The maximum Gasteiger partial charge on any atom is 0.341 e. The lowest BCUT2D eigenvalue weighted by molar-refractivity contribution is 0.299. The zero-order valence-corrected chi connectivity index (χ0v) is 10.8. The van der Waals surface area contributed by atoms with E-state index in [1.54, 1.807) is 7.05 Å². The molecule has 0 fully saturated rings. The summed E-state index contributed by atoms with van der Waals surface area (Å²) in [7, 11) is 1.71. The molecular formula is C12H15FN4O2. The lowest BCUT2D eigenvalue weighted by Crippen LogP contribution is -2.01. The molecule has 1 aromatic carbocycles. The maximum atomic E-state index is 13.6. The quantitative estimate of drug-likeness (QED) is 0.839. The molecule has 0 aliphatic rings. The fourth-order valence-corrected chi connectivity index (χ4v) is 1.43. The Kier molecular flexibility index (Phi) is 3.84. The number of hydrogen-bond acceptors (Lipinski definition) is 5. The van der Waals surface area contributed by atoms with E-state index in [-0.39, 0.29) is 23.2 Å². The number of hydrogen-bond donors (Lipinski definition) is 1. The largest absolute Gasteiger partial charge is 0.490 e. The number of nitrogen functional groups attached to an aromatic ring is 1. The van der Waals surface area contributed by atoms with Gasteiger partial charge in [0, 0.05) is 19.2 Å². The van der Waals surface area contributed by atoms with Gasteiger partial charge in [-0.2, -0.15) is 4.98 Å². The molecule has 7 heteroatoms. The summed E-state index contributed by atoms with van der Waals surface area (Å²) in [5.41, 5.74) is 5.85. The van der Waals surface area contributed by atoms with E-state index in [9.17, 15) is 4.39 Å². The topological polar surface area (TPSA) is 75.2 Å². The third-order valence-electron chi connectivity index (χ3n) is 2.31. The molecule has 0 unspecified atom stereocenters. The summed E-state index contributed by atoms with van der Waals surface area (Å²) in [6, 6.07) is 2.70. The predicted octanol–water partition coefficient (Wildman–Crippen LogP) is 2.12. The van der Waals surface area contributed by atoms with Gasteiger partial charge in [-0.1, -0.05) is 6.92 Å². The summed E-state index contributed by atoms with van der Waals surface area (Å²) >= 11 is 0. The van der Waals surface area contributed by atoms with Gasteiger partial charge in [-0.15, -0.1) is 5.10 Å². The first-order valence-corrected chi connectivity index (χ1v) is 5.85. The summed E-state index contributed by atoms with van der Waals surface area (Å²) in [6.07, 6.45) is 2.27. The Labute approximate surface area is 110 Å². The molecule has 0 spiro atoms. The van der Waals surface area contributed by atoms with Crippen molar-refractivity contribution in [3.8, 4) is 17.5 Å². The second-order valence-corrected chi connectivity index (χ2v) is 3.97. The minimum absolute atomic E-state index is 0.0991. The highest BCUT2D eigenvalue weighted by atomic mass is 19.1. The zero-order chi connectivity index (χ0) is 13.8. The van der Waals surface area contributed by atoms with E-state index >= 15 is 0 Å². The number of nitrogens with zero attached hydrogens (tertiary/aromatic N) is 3. The Morgan fingerprint density at radius 3 is 2.79 bits per heavy atom. The average Bonchev–Trinajstić information content (AvgIpc) is 2.77. The number of benzene rings is 1. The van der Waals surface area contributed by atoms with Gasteiger partial charge in [-0.25, -0.2) is 4.39 Å². The molecule has 2 aromatic rings. The van der Waals surface area contributed by atoms with Crippen molar-refractivity contribution in [2.45, 2.75) is 13.3 Å². The SMILES string of the molecule is CCCOc1cc(Oc2ncn(C)n2)c(N)cc1F. The lowest BCUT2D eigenvalue weighted by Gasteiger charge is -2.10. The molecule has 1 aromatic heterocycles. The summed E-state index contributed by atoms with van der Waals surface area (Å²) in [6.45, 7) is 2.35. The molecule has 0 saturated heterocycles. The third-order valence-corrected chi connectivity index (χ3v) is 2.31. The van der Waals surface area contributed by atoms with Crippen molar-refractivity contribution in [3.05, 3.63) is 24.3 Å². The minimum atomic E-state index is -0.521. The van der Waals surface area contributed by atoms with Crippen LogP contribution in [0.2, 0.25) is 0 Å². The van der Waals surface area contributed by atoms with Gasteiger partial charge in [0.2, 0.25) is 0 Å². The Morgan fingerprint density at radius 1 is 1.37 bits per heavy atom. The molecule has 0 atom stereocenters. The Hall–Kier alpha value is -2.31. The maximum absolute atomic E-state index is 13.6. The Morgan fingerprint density at radius 2 is 2.16 bits per heavy atom. The van der Waals surface area contributed by atoms with Crippen LogP contribution in [-0.2, 0) is 7.05 Å². The number of anilines is 1. The van der Waals surface area contributed by atoms with Crippen molar-refractivity contribution in [1.82, 2.24) is 14.8 Å². The van der Waals surface area contributed by atoms with E-state index in [1.165, 1.54) is 17.1 Å². The van der Waals surface area contributed by atoms with Gasteiger partial charge in [0.25, 0.3) is 0 Å². The molecule has 2 rings (SSSR count). The van der Waals surface area contributed by atoms with Crippen molar-refractivity contribution < 1.29 is 13.9 Å². The number of aryl methyl sites for hydroxylation is 1. The first kappa shape index (κ1) is 13.1. The molecule has 0 radical (unpaired) electrons. The number of ether oxygens (including phenoxy) is 2. The van der Waals surface area contributed by atoms with Crippen molar-refractivity contribution >= 4 is 5.69 Å². The van der Waals surface area contributed by atoms with Crippen molar-refractivity contribution in [3.63, 3.8) is 0 Å². The zero-order valence-electron chi connectivity index (χ0n) is 10.8. The van der Waals surface area contributed by atoms with Gasteiger partial charge in [0.1, 0.15) is 6.33 Å². The Balaban J connectivity index is 2.24. The first-order chi connectivity index (χ1) is 9.10. The van der Waals surface area contributed by atoms with Crippen molar-refractivity contribution in [2.24, 2.45) is 7.05 Å². The number of nitrogens with two attached hydrogens (primary N) is 1. The van der Waals surface area contributed by atoms with Gasteiger partial charge >= 0.3 is 6.01 Å². The van der Waals surface area contributed by atoms with Crippen LogP contribution in [0.15, 0.2) is 18.5 Å². The van der Waals surface area contributed by atoms with E-state index in [4.69, 9.17) is 15.2 Å². The van der Waals surface area contributed by atoms with E-state index in [2.05, 4.69) is 10.1 Å². The molecule has 6 nitrogen and oxygen atoms in total. The van der Waals surface area contributed by atoms with E-state index in [1.807, 2.05) is 6.92 Å². The van der Waals surface area contributed by atoms with Crippen LogP contribution in [0.3, 0.4) is 0 Å². The third kappa shape index (κ3) is 3.12. The van der Waals surface area contributed by atoms with Crippen LogP contribution in [0.1, 0.15) is 13.3 Å². The normalized spacial score (nSPS) is 10.5. The van der Waals surface area contributed by atoms with Crippen LogP contribution in [0.25, 0.3) is 0 Å². The highest BCUT2D eigenvalue weighted by molar-refractivity contribution is 5.57. The van der Waals surface area contributed by atoms with Crippen LogP contribution in [-0.4, -0.2) is 21.4 Å². The summed E-state index contributed by atoms with van der Waals surface area (Å²) in [4.78, 5) is 3.91. The number of rotatable bonds is 5. The molecule has 1 heterocycles. The molecule has 0 aliphatic heterocycles. The standard InChI is InChI=1S/C12H15FN4O2/c1-3-4-18-10-6-11(9(14)5-8(10)13)19-12-15-7-17(2)16-12/h5-7H,3-4,14H2,1-2H3. The van der Waals surface area contributed by atoms with Crippen molar-refractivity contribution in [2.75, 3.05) is 12.3 Å². The fraction of sp³-hybridized carbons (Fsp3) is 0.333. The van der Waals surface area contributed by atoms with Gasteiger partial charge < -0.3 is 15.2 Å². The summed E-state index contributed by atoms with van der Waals surface area (Å²) in [5, 5.41) is 3.95. The highest BCUT2D eigenvalue weighted by Crippen LogP contribution is 2.32. The average molecular weight is 266 g/mol. The van der Waals surface area contributed by atoms with Gasteiger partial charge in [0.05, 0.1) is 12.3 Å². The highest BCUT2D eigenvalue weighted by Gasteiger charge is 2.12. The van der Waals surface area contributed by atoms with Crippen LogP contribution < -0.4 is 15.2 Å². The fourth-order valence-electron chi connectivity index (χ4n) is 1.43. The monoisotopic (exact) mass is 266 g/mol. The number of aromatic nitrogens is 3. The number of halogens is 1. The Bertz CT molecular complexity index is 571. The van der Waals surface area contributed by atoms with Gasteiger partial charge in [-0.05, 0) is 6.42 Å². The van der Waals surface area contributed by atoms with Crippen LogP contribution in [0.5, 0.6) is 17.5 Å². The van der Waals surface area contributed by atoms with E-state index in [0.717, 1.165) is 12.5 Å². The van der Waals surface area contributed by atoms with Crippen LogP contribution in [0.4, 0.5) is 10.1 Å². The van der Waals surface area contributed by atoms with Crippen LogP contribution >= 0.6 is 0 Å².